The van der Waals surface area contributed by atoms with E-state index in [1.54, 1.807) is 11.3 Å². The van der Waals surface area contributed by atoms with Crippen LogP contribution in [0.15, 0.2) is 23.8 Å². The molecule has 0 aliphatic heterocycles. The number of fused-ring (bicyclic) bond motifs is 1. The predicted molar refractivity (Wildman–Crippen MR) is 92.8 cm³/mol. The minimum absolute atomic E-state index is 0.681. The lowest BCUT2D eigenvalue weighted by Crippen LogP contribution is -2.14. The van der Waals surface area contributed by atoms with Crippen molar-refractivity contribution in [2.24, 2.45) is 0 Å². The first kappa shape index (κ1) is 14.6. The Hall–Kier alpha value is -2.01. The maximum absolute atomic E-state index is 4.84. The van der Waals surface area contributed by atoms with E-state index >= 15 is 0 Å². The molecule has 0 N–H and O–H groups in total. The van der Waals surface area contributed by atoms with Crippen LogP contribution in [0.1, 0.15) is 41.2 Å². The van der Waals surface area contributed by atoms with Crippen LogP contribution in [-0.2, 0) is 19.4 Å². The Labute approximate surface area is 140 Å². The molecule has 0 saturated carbocycles. The third-order valence-corrected chi connectivity index (χ3v) is 5.54. The number of aromatic nitrogens is 4. The summed E-state index contributed by atoms with van der Waals surface area (Å²) in [5.74, 6) is 1.91. The number of imidazole rings is 1. The molecule has 0 spiro atoms. The molecule has 3 aromatic rings. The maximum Gasteiger partial charge on any atom is 0.150 e. The van der Waals surface area contributed by atoms with Crippen molar-refractivity contribution in [1.82, 2.24) is 19.5 Å². The highest BCUT2D eigenvalue weighted by Crippen LogP contribution is 2.28. The van der Waals surface area contributed by atoms with Gasteiger partial charge in [-0.1, -0.05) is 0 Å². The third kappa shape index (κ3) is 2.70. The van der Waals surface area contributed by atoms with Crippen LogP contribution in [0.2, 0.25) is 0 Å². The summed E-state index contributed by atoms with van der Waals surface area (Å²) in [5.41, 5.74) is 5.05. The Balaban J connectivity index is 1.69. The molecule has 118 valence electrons. The van der Waals surface area contributed by atoms with E-state index in [2.05, 4.69) is 34.8 Å². The summed E-state index contributed by atoms with van der Waals surface area (Å²) in [6, 6.07) is 2.14. The van der Waals surface area contributed by atoms with E-state index in [0.29, 0.717) is 6.54 Å². The first-order chi connectivity index (χ1) is 11.2. The lowest BCUT2D eigenvalue weighted by molar-refractivity contribution is 0.637. The molecule has 0 unspecified atom stereocenters. The zero-order valence-corrected chi connectivity index (χ0v) is 14.4. The molecule has 23 heavy (non-hydrogen) atoms. The molecule has 5 heteroatoms. The van der Waals surface area contributed by atoms with Crippen LogP contribution < -0.4 is 0 Å². The topological polar surface area (TPSA) is 43.6 Å². The van der Waals surface area contributed by atoms with Gasteiger partial charge in [0.15, 0.2) is 5.82 Å². The highest BCUT2D eigenvalue weighted by atomic mass is 32.1. The molecular weight excluding hydrogens is 304 g/mol. The largest absolute Gasteiger partial charge is 0.323 e. The molecule has 0 saturated heterocycles. The Morgan fingerprint density at radius 3 is 2.87 bits per heavy atom. The van der Waals surface area contributed by atoms with E-state index in [4.69, 9.17) is 9.97 Å². The molecular formula is C18H20N4S. The average Bonchev–Trinajstić information content (AvgIpc) is 3.16. The highest BCUT2D eigenvalue weighted by Gasteiger charge is 2.17. The van der Waals surface area contributed by atoms with E-state index in [-0.39, 0.29) is 0 Å². The Kier molecular flexibility index (Phi) is 3.73. The standard InChI is InChI=1S/C18H20N4S/c1-12-7-10-23-17(12)18-19-8-9-22(18)11-16-20-13(2)14-5-3-4-6-15(14)21-16/h7-10H,3-6,11H2,1-2H3. The number of aryl methyl sites for hydroxylation is 3. The van der Waals surface area contributed by atoms with Crippen molar-refractivity contribution in [2.45, 2.75) is 46.1 Å². The van der Waals surface area contributed by atoms with Crippen molar-refractivity contribution in [3.05, 3.63) is 52.2 Å². The van der Waals surface area contributed by atoms with Gasteiger partial charge < -0.3 is 4.57 Å². The zero-order valence-electron chi connectivity index (χ0n) is 13.5. The van der Waals surface area contributed by atoms with Crippen molar-refractivity contribution in [1.29, 1.82) is 0 Å². The second-order valence-electron chi connectivity index (χ2n) is 6.17. The SMILES string of the molecule is Cc1ccsc1-c1nccn1Cc1nc(C)c2c(n1)CCCC2. The number of thiophene rings is 1. The van der Waals surface area contributed by atoms with E-state index in [9.17, 15) is 0 Å². The molecule has 0 radical (unpaired) electrons. The first-order valence-corrected chi connectivity index (χ1v) is 9.01. The number of hydrogen-bond acceptors (Lipinski definition) is 4. The van der Waals surface area contributed by atoms with Crippen LogP contribution in [0.5, 0.6) is 0 Å². The molecule has 3 heterocycles. The predicted octanol–water partition coefficient (Wildman–Crippen LogP) is 3.95. The second kappa shape index (κ2) is 5.89. The van der Waals surface area contributed by atoms with Crippen molar-refractivity contribution >= 4 is 11.3 Å². The molecule has 0 fully saturated rings. The van der Waals surface area contributed by atoms with E-state index < -0.39 is 0 Å². The fourth-order valence-electron chi connectivity index (χ4n) is 3.32. The smallest absolute Gasteiger partial charge is 0.150 e. The normalized spacial score (nSPS) is 14.0. The Morgan fingerprint density at radius 2 is 2.04 bits per heavy atom. The van der Waals surface area contributed by atoms with Crippen LogP contribution in [-0.4, -0.2) is 19.5 Å². The lowest BCUT2D eigenvalue weighted by Gasteiger charge is -2.18. The van der Waals surface area contributed by atoms with Gasteiger partial charge in [0, 0.05) is 23.8 Å². The second-order valence-corrected chi connectivity index (χ2v) is 7.09. The van der Waals surface area contributed by atoms with Gasteiger partial charge in [-0.3, -0.25) is 0 Å². The van der Waals surface area contributed by atoms with Gasteiger partial charge in [0.25, 0.3) is 0 Å². The zero-order chi connectivity index (χ0) is 15.8. The number of nitrogens with zero attached hydrogens (tertiary/aromatic N) is 4. The van der Waals surface area contributed by atoms with Gasteiger partial charge in [-0.2, -0.15) is 0 Å². The lowest BCUT2D eigenvalue weighted by atomic mass is 9.95. The van der Waals surface area contributed by atoms with Gasteiger partial charge in [-0.15, -0.1) is 11.3 Å². The van der Waals surface area contributed by atoms with Crippen LogP contribution >= 0.6 is 11.3 Å². The highest BCUT2D eigenvalue weighted by molar-refractivity contribution is 7.13. The summed E-state index contributed by atoms with van der Waals surface area (Å²) < 4.78 is 2.16. The molecule has 0 atom stereocenters. The number of rotatable bonds is 3. The molecule has 3 aromatic heterocycles. The fourth-order valence-corrected chi connectivity index (χ4v) is 4.25. The van der Waals surface area contributed by atoms with Gasteiger partial charge in [0.05, 0.1) is 11.4 Å². The first-order valence-electron chi connectivity index (χ1n) is 8.13. The van der Waals surface area contributed by atoms with Crippen LogP contribution in [0.25, 0.3) is 10.7 Å². The Morgan fingerprint density at radius 1 is 1.17 bits per heavy atom. The molecule has 0 aromatic carbocycles. The third-order valence-electron chi connectivity index (χ3n) is 4.53. The minimum atomic E-state index is 0.681. The Bertz CT molecular complexity index is 847. The van der Waals surface area contributed by atoms with Crippen LogP contribution in [0.4, 0.5) is 0 Å². The summed E-state index contributed by atoms with van der Waals surface area (Å²) >= 11 is 1.73. The molecule has 1 aliphatic rings. The average molecular weight is 324 g/mol. The molecule has 4 nitrogen and oxygen atoms in total. The van der Waals surface area contributed by atoms with E-state index in [0.717, 1.165) is 30.2 Å². The van der Waals surface area contributed by atoms with E-state index in [1.165, 1.54) is 34.5 Å². The van der Waals surface area contributed by atoms with Gasteiger partial charge >= 0.3 is 0 Å². The van der Waals surface area contributed by atoms with Gasteiger partial charge in [0.2, 0.25) is 0 Å². The summed E-state index contributed by atoms with van der Waals surface area (Å²) in [7, 11) is 0. The van der Waals surface area contributed by atoms with Crippen LogP contribution in [0, 0.1) is 13.8 Å². The molecule has 0 amide bonds. The van der Waals surface area contributed by atoms with Crippen molar-refractivity contribution in [3.63, 3.8) is 0 Å². The van der Waals surface area contributed by atoms with Gasteiger partial charge in [-0.05, 0) is 62.1 Å². The van der Waals surface area contributed by atoms with Gasteiger partial charge in [-0.25, -0.2) is 15.0 Å². The summed E-state index contributed by atoms with van der Waals surface area (Å²) in [4.78, 5) is 15.4. The number of hydrogen-bond donors (Lipinski definition) is 0. The molecule has 1 aliphatic carbocycles. The summed E-state index contributed by atoms with van der Waals surface area (Å²) in [5, 5.41) is 2.11. The molecule has 4 rings (SSSR count). The monoisotopic (exact) mass is 324 g/mol. The van der Waals surface area contributed by atoms with Crippen molar-refractivity contribution in [3.8, 4) is 10.7 Å². The summed E-state index contributed by atoms with van der Waals surface area (Å²) in [6.45, 7) is 4.93. The molecule has 0 bridgehead atoms. The van der Waals surface area contributed by atoms with Crippen molar-refractivity contribution in [2.75, 3.05) is 0 Å². The fraction of sp³-hybridized carbons (Fsp3) is 0.389. The van der Waals surface area contributed by atoms with E-state index in [1.807, 2.05) is 12.4 Å². The minimum Gasteiger partial charge on any atom is -0.323 e. The van der Waals surface area contributed by atoms with Crippen LogP contribution in [0.3, 0.4) is 0 Å². The maximum atomic E-state index is 4.84. The quantitative estimate of drug-likeness (QED) is 0.733. The van der Waals surface area contributed by atoms with Gasteiger partial charge in [0.1, 0.15) is 5.82 Å². The summed E-state index contributed by atoms with van der Waals surface area (Å²) in [6.07, 6.45) is 8.61. The van der Waals surface area contributed by atoms with Crippen molar-refractivity contribution < 1.29 is 0 Å².